The van der Waals surface area contributed by atoms with Crippen LogP contribution in [0.25, 0.3) is 0 Å². The minimum Gasteiger partial charge on any atom is -0.481 e. The number of halogens is 1. The number of carboxylic acid groups (broad SMARTS) is 1. The van der Waals surface area contributed by atoms with Crippen LogP contribution in [-0.2, 0) is 11.3 Å². The topological polar surface area (TPSA) is 40.5 Å². The second-order valence-corrected chi connectivity index (χ2v) is 6.80. The maximum Gasteiger partial charge on any atom is 0.303 e. The molecule has 1 fully saturated rings. The Labute approximate surface area is 114 Å². The summed E-state index contributed by atoms with van der Waals surface area (Å²) >= 11 is 5.34. The van der Waals surface area contributed by atoms with Crippen molar-refractivity contribution in [3.05, 3.63) is 20.3 Å². The van der Waals surface area contributed by atoms with E-state index in [1.165, 1.54) is 14.2 Å². The molecule has 0 aromatic carbocycles. The lowest BCUT2D eigenvalue weighted by molar-refractivity contribution is -0.138. The number of hydrogen-bond donors (Lipinski definition) is 1. The van der Waals surface area contributed by atoms with Crippen LogP contribution in [0.2, 0.25) is 0 Å². The third kappa shape index (κ3) is 3.53. The summed E-state index contributed by atoms with van der Waals surface area (Å²) in [6.07, 6.45) is 1.32. The lowest BCUT2D eigenvalue weighted by Crippen LogP contribution is -2.20. The minimum absolute atomic E-state index is 0.309. The van der Waals surface area contributed by atoms with Crippen LogP contribution in [0.1, 0.15) is 22.6 Å². The zero-order valence-electron chi connectivity index (χ0n) is 9.78. The maximum absolute atomic E-state index is 10.6. The molecule has 1 atom stereocenters. The number of carboxylic acids is 1. The van der Waals surface area contributed by atoms with Gasteiger partial charge in [0.2, 0.25) is 0 Å². The summed E-state index contributed by atoms with van der Waals surface area (Å²) in [6.45, 7) is 5.00. The highest BCUT2D eigenvalue weighted by molar-refractivity contribution is 9.10. The number of rotatable bonds is 4. The molecule has 0 radical (unpaired) electrons. The van der Waals surface area contributed by atoms with Crippen molar-refractivity contribution in [3.8, 4) is 0 Å². The van der Waals surface area contributed by atoms with Crippen LogP contribution >= 0.6 is 27.3 Å². The summed E-state index contributed by atoms with van der Waals surface area (Å²) in [5, 5.41) is 8.77. The summed E-state index contributed by atoms with van der Waals surface area (Å²) in [4.78, 5) is 15.7. The van der Waals surface area contributed by atoms with Gasteiger partial charge in [-0.2, -0.15) is 0 Å². The number of thiophene rings is 1. The number of nitrogens with zero attached hydrogens (tertiary/aromatic N) is 1. The molecule has 0 aliphatic carbocycles. The Morgan fingerprint density at radius 1 is 1.71 bits per heavy atom. The van der Waals surface area contributed by atoms with Crippen LogP contribution in [0.4, 0.5) is 0 Å². The second-order valence-electron chi connectivity index (χ2n) is 4.60. The Bertz CT molecular complexity index is 399. The van der Waals surface area contributed by atoms with Crippen LogP contribution in [0.5, 0.6) is 0 Å². The van der Waals surface area contributed by atoms with Crippen molar-refractivity contribution in [2.75, 3.05) is 13.1 Å². The molecule has 1 saturated heterocycles. The largest absolute Gasteiger partial charge is 0.481 e. The molecule has 1 aromatic rings. The van der Waals surface area contributed by atoms with Gasteiger partial charge in [-0.3, -0.25) is 9.69 Å². The van der Waals surface area contributed by atoms with Gasteiger partial charge in [-0.05, 0) is 47.8 Å². The van der Waals surface area contributed by atoms with Crippen LogP contribution in [0.3, 0.4) is 0 Å². The fraction of sp³-hybridized carbons (Fsp3) is 0.583. The zero-order chi connectivity index (χ0) is 12.4. The predicted molar refractivity (Wildman–Crippen MR) is 72.4 cm³/mol. The SMILES string of the molecule is Cc1sc(CN2CCC(CC(=O)O)C2)cc1Br. The maximum atomic E-state index is 10.6. The molecule has 1 aliphatic rings. The van der Waals surface area contributed by atoms with Gasteiger partial charge in [-0.1, -0.05) is 0 Å². The standard InChI is InChI=1S/C12H16BrNO2S/c1-8-11(13)5-10(17-8)7-14-3-2-9(6-14)4-12(15)16/h5,9H,2-4,6-7H2,1H3,(H,15,16). The Kier molecular flexibility index (Phi) is 4.22. The molecule has 2 rings (SSSR count). The summed E-state index contributed by atoms with van der Waals surface area (Å²) in [5.41, 5.74) is 0. The van der Waals surface area contributed by atoms with Gasteiger partial charge in [-0.25, -0.2) is 0 Å². The van der Waals surface area contributed by atoms with Gasteiger partial charge in [0.25, 0.3) is 0 Å². The van der Waals surface area contributed by atoms with Gasteiger partial charge in [0.05, 0.1) is 0 Å². The third-order valence-electron chi connectivity index (χ3n) is 3.12. The monoisotopic (exact) mass is 317 g/mol. The first-order valence-corrected chi connectivity index (χ1v) is 7.34. The summed E-state index contributed by atoms with van der Waals surface area (Å²) < 4.78 is 1.18. The van der Waals surface area contributed by atoms with Crippen molar-refractivity contribution < 1.29 is 9.90 Å². The van der Waals surface area contributed by atoms with E-state index in [0.717, 1.165) is 26.1 Å². The first-order valence-electron chi connectivity index (χ1n) is 5.73. The van der Waals surface area contributed by atoms with Crippen molar-refractivity contribution in [1.29, 1.82) is 0 Å². The minimum atomic E-state index is -0.674. The summed E-state index contributed by atoms with van der Waals surface area (Å²) in [5.74, 6) is -0.344. The number of likely N-dealkylation sites (tertiary alicyclic amines) is 1. The molecule has 1 aromatic heterocycles. The molecular weight excluding hydrogens is 302 g/mol. The fourth-order valence-corrected chi connectivity index (χ4v) is 3.93. The highest BCUT2D eigenvalue weighted by Gasteiger charge is 2.24. The number of hydrogen-bond acceptors (Lipinski definition) is 3. The van der Waals surface area contributed by atoms with Gasteiger partial charge in [-0.15, -0.1) is 11.3 Å². The van der Waals surface area contributed by atoms with Gasteiger partial charge < -0.3 is 5.11 Å². The molecule has 5 heteroatoms. The molecule has 2 heterocycles. The molecule has 0 spiro atoms. The van der Waals surface area contributed by atoms with E-state index >= 15 is 0 Å². The second kappa shape index (κ2) is 5.50. The Morgan fingerprint density at radius 3 is 3.06 bits per heavy atom. The number of aliphatic carboxylic acids is 1. The first kappa shape index (κ1) is 13.1. The smallest absolute Gasteiger partial charge is 0.303 e. The number of carbonyl (C=O) groups is 1. The Balaban J connectivity index is 1.87. The van der Waals surface area contributed by atoms with Gasteiger partial charge in [0, 0.05) is 33.7 Å². The normalized spacial score (nSPS) is 20.9. The summed E-state index contributed by atoms with van der Waals surface area (Å²) in [7, 11) is 0. The molecule has 0 amide bonds. The number of aryl methyl sites for hydroxylation is 1. The Morgan fingerprint density at radius 2 is 2.47 bits per heavy atom. The molecule has 17 heavy (non-hydrogen) atoms. The van der Waals surface area contributed by atoms with Crippen molar-refractivity contribution in [3.63, 3.8) is 0 Å². The molecule has 1 N–H and O–H groups in total. The average Bonchev–Trinajstić information content (AvgIpc) is 2.75. The highest BCUT2D eigenvalue weighted by atomic mass is 79.9. The molecule has 3 nitrogen and oxygen atoms in total. The van der Waals surface area contributed by atoms with Crippen molar-refractivity contribution in [2.24, 2.45) is 5.92 Å². The summed E-state index contributed by atoms with van der Waals surface area (Å²) in [6, 6.07) is 2.17. The van der Waals surface area contributed by atoms with E-state index in [-0.39, 0.29) is 0 Å². The van der Waals surface area contributed by atoms with E-state index < -0.39 is 5.97 Å². The van der Waals surface area contributed by atoms with Crippen LogP contribution in [0, 0.1) is 12.8 Å². The molecule has 0 saturated carbocycles. The van der Waals surface area contributed by atoms with Crippen molar-refractivity contribution >= 4 is 33.2 Å². The van der Waals surface area contributed by atoms with Gasteiger partial charge in [0.15, 0.2) is 0 Å². The van der Waals surface area contributed by atoms with Crippen LogP contribution in [0.15, 0.2) is 10.5 Å². The molecule has 1 unspecified atom stereocenters. The van der Waals surface area contributed by atoms with E-state index in [0.29, 0.717) is 12.3 Å². The lowest BCUT2D eigenvalue weighted by Gasteiger charge is -2.14. The molecular formula is C12H16BrNO2S. The quantitative estimate of drug-likeness (QED) is 0.927. The third-order valence-corrected chi connectivity index (χ3v) is 5.24. The predicted octanol–water partition coefficient (Wildman–Crippen LogP) is 3.12. The first-order chi connectivity index (χ1) is 8.04. The fourth-order valence-electron chi connectivity index (χ4n) is 2.29. The molecule has 1 aliphatic heterocycles. The Hall–Kier alpha value is -0.390. The van der Waals surface area contributed by atoms with E-state index in [9.17, 15) is 4.79 Å². The molecule has 94 valence electrons. The van der Waals surface area contributed by atoms with E-state index in [2.05, 4.69) is 33.8 Å². The van der Waals surface area contributed by atoms with Crippen molar-refractivity contribution in [1.82, 2.24) is 4.90 Å². The van der Waals surface area contributed by atoms with E-state index in [4.69, 9.17) is 5.11 Å². The lowest BCUT2D eigenvalue weighted by atomic mass is 10.1. The average molecular weight is 318 g/mol. The van der Waals surface area contributed by atoms with Gasteiger partial charge >= 0.3 is 5.97 Å². The van der Waals surface area contributed by atoms with Crippen LogP contribution < -0.4 is 0 Å². The molecule has 0 bridgehead atoms. The zero-order valence-corrected chi connectivity index (χ0v) is 12.2. The van der Waals surface area contributed by atoms with Gasteiger partial charge in [0.1, 0.15) is 0 Å². The van der Waals surface area contributed by atoms with E-state index in [1.54, 1.807) is 0 Å². The van der Waals surface area contributed by atoms with E-state index in [1.807, 2.05) is 11.3 Å². The highest BCUT2D eigenvalue weighted by Crippen LogP contribution is 2.29. The van der Waals surface area contributed by atoms with Crippen LogP contribution in [-0.4, -0.2) is 29.1 Å². The van der Waals surface area contributed by atoms with Crippen molar-refractivity contribution in [2.45, 2.75) is 26.3 Å².